The Hall–Kier alpha value is -2.47. The van der Waals surface area contributed by atoms with Crippen LogP contribution in [0.25, 0.3) is 6.08 Å². The number of hydrogen-bond donors (Lipinski definition) is 1. The van der Waals surface area contributed by atoms with Gasteiger partial charge in [-0.15, -0.1) is 0 Å². The number of amides is 1. The van der Waals surface area contributed by atoms with Gasteiger partial charge in [0.2, 0.25) is 0 Å². The Kier molecular flexibility index (Phi) is 3.54. The zero-order chi connectivity index (χ0) is 15.9. The molecule has 2 aromatic rings. The van der Waals surface area contributed by atoms with Crippen molar-refractivity contribution in [2.75, 3.05) is 4.90 Å². The summed E-state index contributed by atoms with van der Waals surface area (Å²) in [4.78, 5) is 14.2. The van der Waals surface area contributed by atoms with E-state index in [1.54, 1.807) is 10.8 Å². The summed E-state index contributed by atoms with van der Waals surface area (Å²) in [7, 11) is 1.85. The molecule has 1 fully saturated rings. The van der Waals surface area contributed by atoms with Crippen molar-refractivity contribution in [2.45, 2.75) is 13.8 Å². The first-order chi connectivity index (χ1) is 10.5. The highest BCUT2D eigenvalue weighted by atomic mass is 32.1. The minimum atomic E-state index is -0.150. The maximum atomic E-state index is 12.7. The number of anilines is 1. The number of hydrogen-bond acceptors (Lipinski definition) is 3. The molecular weight excluding hydrogens is 296 g/mol. The molecule has 0 saturated carbocycles. The van der Waals surface area contributed by atoms with E-state index < -0.39 is 0 Å². The molecule has 0 unspecified atom stereocenters. The second-order valence-electron chi connectivity index (χ2n) is 5.26. The Morgan fingerprint density at radius 3 is 2.64 bits per heavy atom. The average molecular weight is 312 g/mol. The van der Waals surface area contributed by atoms with E-state index in [-0.39, 0.29) is 5.91 Å². The summed E-state index contributed by atoms with van der Waals surface area (Å²) in [6.45, 7) is 3.86. The highest BCUT2D eigenvalue weighted by molar-refractivity contribution is 7.80. The van der Waals surface area contributed by atoms with Gasteiger partial charge in [-0.05, 0) is 43.8 Å². The second kappa shape index (κ2) is 5.38. The fourth-order valence-electron chi connectivity index (χ4n) is 2.48. The van der Waals surface area contributed by atoms with Crippen molar-refractivity contribution in [3.05, 3.63) is 53.0 Å². The monoisotopic (exact) mass is 312 g/mol. The van der Waals surface area contributed by atoms with Gasteiger partial charge in [0, 0.05) is 18.8 Å². The number of aromatic nitrogens is 2. The highest BCUT2D eigenvalue weighted by Gasteiger charge is 2.32. The molecular formula is C16H16N4OS. The number of thiocarbonyl (C=S) groups is 1. The quantitative estimate of drug-likeness (QED) is 0.683. The number of carbonyl (C=O) groups excluding carboxylic acids is 1. The van der Waals surface area contributed by atoms with Crippen molar-refractivity contribution in [2.24, 2.45) is 7.05 Å². The van der Waals surface area contributed by atoms with E-state index in [1.165, 1.54) is 4.90 Å². The van der Waals surface area contributed by atoms with Crippen molar-refractivity contribution < 1.29 is 4.79 Å². The maximum Gasteiger partial charge on any atom is 0.281 e. The van der Waals surface area contributed by atoms with Crippen LogP contribution in [-0.2, 0) is 11.8 Å². The van der Waals surface area contributed by atoms with Gasteiger partial charge < -0.3 is 5.32 Å². The summed E-state index contributed by atoms with van der Waals surface area (Å²) in [5.74, 6) is -0.150. The fourth-order valence-corrected chi connectivity index (χ4v) is 2.77. The van der Waals surface area contributed by atoms with Crippen LogP contribution in [0.5, 0.6) is 0 Å². The van der Waals surface area contributed by atoms with Crippen LogP contribution in [0, 0.1) is 13.8 Å². The van der Waals surface area contributed by atoms with Gasteiger partial charge >= 0.3 is 0 Å². The molecule has 112 valence electrons. The van der Waals surface area contributed by atoms with Gasteiger partial charge in [-0.25, -0.2) is 0 Å². The third-order valence-electron chi connectivity index (χ3n) is 3.59. The van der Waals surface area contributed by atoms with Crippen LogP contribution in [0.15, 0.2) is 36.2 Å². The molecule has 1 aromatic carbocycles. The smallest absolute Gasteiger partial charge is 0.281 e. The van der Waals surface area contributed by atoms with Crippen LogP contribution < -0.4 is 10.2 Å². The SMILES string of the molecule is Cc1ccccc1N1C(=O)/C(=C\c2cn(C)nc2C)NC1=S. The van der Waals surface area contributed by atoms with E-state index >= 15 is 0 Å². The van der Waals surface area contributed by atoms with Crippen molar-refractivity contribution in [1.82, 2.24) is 15.1 Å². The molecule has 5 nitrogen and oxygen atoms in total. The van der Waals surface area contributed by atoms with Gasteiger partial charge in [-0.1, -0.05) is 18.2 Å². The normalized spacial score (nSPS) is 16.5. The molecule has 0 bridgehead atoms. The number of benzene rings is 1. The van der Waals surface area contributed by atoms with Crippen molar-refractivity contribution in [3.8, 4) is 0 Å². The summed E-state index contributed by atoms with van der Waals surface area (Å²) in [6.07, 6.45) is 3.66. The number of para-hydroxylation sites is 1. The zero-order valence-corrected chi connectivity index (χ0v) is 13.4. The second-order valence-corrected chi connectivity index (χ2v) is 5.65. The van der Waals surface area contributed by atoms with Crippen molar-refractivity contribution in [3.63, 3.8) is 0 Å². The number of aryl methyl sites for hydroxylation is 3. The predicted molar refractivity (Wildman–Crippen MR) is 90.3 cm³/mol. The van der Waals surface area contributed by atoms with Gasteiger partial charge in [-0.2, -0.15) is 5.10 Å². The van der Waals surface area contributed by atoms with Gasteiger partial charge in [0.1, 0.15) is 5.70 Å². The van der Waals surface area contributed by atoms with E-state index in [2.05, 4.69) is 10.4 Å². The maximum absolute atomic E-state index is 12.7. The largest absolute Gasteiger partial charge is 0.327 e. The first-order valence-electron chi connectivity index (χ1n) is 6.90. The lowest BCUT2D eigenvalue weighted by Gasteiger charge is -2.16. The lowest BCUT2D eigenvalue weighted by Crippen LogP contribution is -2.30. The van der Waals surface area contributed by atoms with Crippen LogP contribution in [0.4, 0.5) is 5.69 Å². The van der Waals surface area contributed by atoms with Gasteiger partial charge in [0.05, 0.1) is 11.4 Å². The lowest BCUT2D eigenvalue weighted by atomic mass is 10.2. The summed E-state index contributed by atoms with van der Waals surface area (Å²) >= 11 is 5.32. The van der Waals surface area contributed by atoms with E-state index in [1.807, 2.05) is 51.4 Å². The number of nitrogens with one attached hydrogen (secondary N) is 1. The predicted octanol–water partition coefficient (Wildman–Crippen LogP) is 2.30. The van der Waals surface area contributed by atoms with Gasteiger partial charge in [0.25, 0.3) is 5.91 Å². The first kappa shape index (κ1) is 14.5. The molecule has 0 aliphatic carbocycles. The fraction of sp³-hybridized carbons (Fsp3) is 0.188. The summed E-state index contributed by atoms with van der Waals surface area (Å²) in [6, 6.07) is 7.68. The molecule has 0 radical (unpaired) electrons. The Morgan fingerprint density at radius 2 is 2.00 bits per heavy atom. The number of nitrogens with zero attached hydrogens (tertiary/aromatic N) is 3. The van der Waals surface area contributed by atoms with E-state index in [9.17, 15) is 4.79 Å². The topological polar surface area (TPSA) is 50.2 Å². The summed E-state index contributed by atoms with van der Waals surface area (Å²) < 4.78 is 1.72. The van der Waals surface area contributed by atoms with Crippen LogP contribution >= 0.6 is 12.2 Å². The number of carbonyl (C=O) groups is 1. The zero-order valence-electron chi connectivity index (χ0n) is 12.6. The molecule has 1 N–H and O–H groups in total. The third-order valence-corrected chi connectivity index (χ3v) is 3.87. The van der Waals surface area contributed by atoms with E-state index in [4.69, 9.17) is 12.2 Å². The molecule has 0 atom stereocenters. The molecule has 22 heavy (non-hydrogen) atoms. The van der Waals surface area contributed by atoms with Crippen LogP contribution in [0.2, 0.25) is 0 Å². The molecule has 1 saturated heterocycles. The number of rotatable bonds is 2. The van der Waals surface area contributed by atoms with Crippen LogP contribution in [-0.4, -0.2) is 20.8 Å². The molecule has 1 aliphatic rings. The molecule has 1 amide bonds. The molecule has 1 aromatic heterocycles. The molecule has 3 rings (SSSR count). The Morgan fingerprint density at radius 1 is 1.27 bits per heavy atom. The van der Waals surface area contributed by atoms with Gasteiger partial charge in [0.15, 0.2) is 5.11 Å². The standard InChI is InChI=1S/C16H16N4OS/c1-10-6-4-5-7-14(10)20-15(21)13(17-16(20)22)8-12-9-19(3)18-11(12)2/h4-9H,1-3H3,(H,17,22)/b13-8+. The Labute approximate surface area is 134 Å². The van der Waals surface area contributed by atoms with Crippen molar-refractivity contribution >= 4 is 35.0 Å². The third kappa shape index (κ3) is 2.42. The Balaban J connectivity index is 1.99. The minimum Gasteiger partial charge on any atom is -0.327 e. The summed E-state index contributed by atoms with van der Waals surface area (Å²) in [5, 5.41) is 7.67. The van der Waals surface area contributed by atoms with E-state index in [0.29, 0.717) is 10.8 Å². The van der Waals surface area contributed by atoms with Crippen LogP contribution in [0.1, 0.15) is 16.8 Å². The first-order valence-corrected chi connectivity index (χ1v) is 7.31. The summed E-state index contributed by atoms with van der Waals surface area (Å²) in [5.41, 5.74) is 4.03. The van der Waals surface area contributed by atoms with Gasteiger partial charge in [-0.3, -0.25) is 14.4 Å². The van der Waals surface area contributed by atoms with Crippen LogP contribution in [0.3, 0.4) is 0 Å². The van der Waals surface area contributed by atoms with E-state index in [0.717, 1.165) is 22.5 Å². The minimum absolute atomic E-state index is 0.150. The van der Waals surface area contributed by atoms with Crippen molar-refractivity contribution in [1.29, 1.82) is 0 Å². The lowest BCUT2D eigenvalue weighted by molar-refractivity contribution is -0.113. The molecule has 1 aliphatic heterocycles. The Bertz CT molecular complexity index is 806. The molecule has 0 spiro atoms. The molecule has 6 heteroatoms. The average Bonchev–Trinajstić information content (AvgIpc) is 2.91. The highest BCUT2D eigenvalue weighted by Crippen LogP contribution is 2.25. The molecule has 2 heterocycles.